The summed E-state index contributed by atoms with van der Waals surface area (Å²) in [4.78, 5) is 3.38. The molecule has 0 fully saturated rings. The lowest BCUT2D eigenvalue weighted by Gasteiger charge is -1.91. The van der Waals surface area contributed by atoms with Gasteiger partial charge in [0.25, 0.3) is 0 Å². The summed E-state index contributed by atoms with van der Waals surface area (Å²) >= 11 is 0. The van der Waals surface area contributed by atoms with Crippen molar-refractivity contribution in [3.8, 4) is 0 Å². The van der Waals surface area contributed by atoms with Crippen LogP contribution in [0.15, 0.2) is 24.3 Å². The van der Waals surface area contributed by atoms with E-state index < -0.39 is 0 Å². The van der Waals surface area contributed by atoms with Crippen LogP contribution in [0.5, 0.6) is 0 Å². The lowest BCUT2D eigenvalue weighted by Crippen LogP contribution is -1.91. The average molecular weight is 157 g/mol. The van der Waals surface area contributed by atoms with E-state index in [1.807, 2.05) is 0 Å². The topological polar surface area (TPSA) is 29.9 Å². The Hall–Kier alpha value is -1.28. The van der Waals surface area contributed by atoms with E-state index in [2.05, 4.69) is 34.6 Å². The van der Waals surface area contributed by atoms with Crippen LogP contribution in [0, 0.1) is 0 Å². The Bertz CT molecular complexity index is 428. The number of nitrogens with one attached hydrogen (secondary N) is 1. The molecule has 0 unspecified atom stereocenters. The molecule has 59 valence electrons. The van der Waals surface area contributed by atoms with Crippen LogP contribution in [0.1, 0.15) is 11.3 Å². The zero-order valence-corrected chi connectivity index (χ0v) is 6.67. The Kier molecular flexibility index (Phi) is 1.10. The van der Waals surface area contributed by atoms with Gasteiger partial charge in [0.15, 0.2) is 0 Å². The number of hydrogen-bond donors (Lipinski definition) is 1. The van der Waals surface area contributed by atoms with E-state index in [0.717, 1.165) is 13.1 Å². The lowest BCUT2D eigenvalue weighted by atomic mass is 10.1. The van der Waals surface area contributed by atoms with Gasteiger partial charge in [-0.2, -0.15) is 0 Å². The van der Waals surface area contributed by atoms with E-state index in [1.165, 1.54) is 22.2 Å². The van der Waals surface area contributed by atoms with Crippen molar-refractivity contribution in [3.05, 3.63) is 35.5 Å². The normalized spacial score (nSPS) is 15.3. The van der Waals surface area contributed by atoms with E-state index in [4.69, 9.17) is 0 Å². The fraction of sp³-hybridized carbons (Fsp3) is 0.200. The van der Waals surface area contributed by atoms with Crippen molar-refractivity contribution < 1.29 is 0 Å². The zero-order chi connectivity index (χ0) is 7.97. The van der Waals surface area contributed by atoms with Crippen molar-refractivity contribution in [1.29, 1.82) is 0 Å². The smallest absolute Gasteiger partial charge is 0.0542 e. The van der Waals surface area contributed by atoms with Crippen LogP contribution in [0.25, 0.3) is 10.9 Å². The van der Waals surface area contributed by atoms with Crippen molar-refractivity contribution >= 4 is 10.9 Å². The van der Waals surface area contributed by atoms with Crippen LogP contribution < -0.4 is 5.32 Å². The molecule has 1 radical (unpaired) electrons. The number of rotatable bonds is 0. The summed E-state index contributed by atoms with van der Waals surface area (Å²) < 4.78 is 0. The molecule has 0 aliphatic carbocycles. The molecule has 0 amide bonds. The highest BCUT2D eigenvalue weighted by Crippen LogP contribution is 2.25. The minimum atomic E-state index is 0.865. The lowest BCUT2D eigenvalue weighted by molar-refractivity contribution is 0.739. The Morgan fingerprint density at radius 1 is 1.17 bits per heavy atom. The molecule has 12 heavy (non-hydrogen) atoms. The quantitative estimate of drug-likeness (QED) is 0.604. The van der Waals surface area contributed by atoms with Gasteiger partial charge in [0.2, 0.25) is 0 Å². The minimum absolute atomic E-state index is 0.865. The summed E-state index contributed by atoms with van der Waals surface area (Å²) in [5.41, 5.74) is 3.94. The number of aromatic nitrogens is 1. The second kappa shape index (κ2) is 2.11. The first-order chi connectivity index (χ1) is 5.95. The summed E-state index contributed by atoms with van der Waals surface area (Å²) in [7, 11) is 0. The van der Waals surface area contributed by atoms with E-state index in [0.29, 0.717) is 0 Å². The van der Waals surface area contributed by atoms with Crippen LogP contribution in [-0.4, -0.2) is 4.98 Å². The molecule has 0 spiro atoms. The molecular weight excluding hydrogens is 148 g/mol. The highest BCUT2D eigenvalue weighted by atomic mass is 14.9. The van der Waals surface area contributed by atoms with E-state index in [1.54, 1.807) is 0 Å². The Morgan fingerprint density at radius 2 is 2.08 bits per heavy atom. The van der Waals surface area contributed by atoms with Crippen molar-refractivity contribution in [2.45, 2.75) is 13.1 Å². The van der Waals surface area contributed by atoms with Crippen LogP contribution in [0.3, 0.4) is 0 Å². The first-order valence-electron chi connectivity index (χ1n) is 4.17. The number of benzene rings is 1. The third kappa shape index (κ3) is 0.676. The van der Waals surface area contributed by atoms with Gasteiger partial charge in [-0.3, -0.25) is 0 Å². The molecule has 1 aliphatic rings. The molecule has 0 bridgehead atoms. The van der Waals surface area contributed by atoms with Crippen LogP contribution in [0.2, 0.25) is 0 Å². The fourth-order valence-electron chi connectivity index (χ4n) is 1.85. The van der Waals surface area contributed by atoms with Crippen LogP contribution in [-0.2, 0) is 13.1 Å². The molecule has 1 aromatic carbocycles. The number of nitrogens with zero attached hydrogens (tertiary/aromatic N) is 1. The van der Waals surface area contributed by atoms with Gasteiger partial charge in [-0.1, -0.05) is 18.2 Å². The molecule has 0 saturated heterocycles. The Balaban J connectivity index is 2.44. The monoisotopic (exact) mass is 157 g/mol. The Labute approximate surface area is 70.6 Å². The van der Waals surface area contributed by atoms with Crippen molar-refractivity contribution in [2.24, 2.45) is 0 Å². The summed E-state index contributed by atoms with van der Waals surface area (Å²) in [6.45, 7) is 1.75. The molecule has 1 aliphatic heterocycles. The summed E-state index contributed by atoms with van der Waals surface area (Å²) in [6, 6.07) is 8.42. The number of H-pyrrole nitrogens is 1. The zero-order valence-electron chi connectivity index (χ0n) is 6.67. The van der Waals surface area contributed by atoms with Crippen molar-refractivity contribution in [1.82, 2.24) is 10.3 Å². The molecule has 1 aromatic heterocycles. The van der Waals surface area contributed by atoms with E-state index in [-0.39, 0.29) is 0 Å². The second-order valence-electron chi connectivity index (χ2n) is 3.17. The van der Waals surface area contributed by atoms with Gasteiger partial charge < -0.3 is 4.98 Å². The molecule has 3 rings (SSSR count). The number of fused-ring (bicyclic) bond motifs is 3. The third-order valence-corrected chi connectivity index (χ3v) is 2.44. The molecule has 0 atom stereocenters. The third-order valence-electron chi connectivity index (χ3n) is 2.44. The first kappa shape index (κ1) is 6.26. The summed E-state index contributed by atoms with van der Waals surface area (Å²) in [6.07, 6.45) is 0. The van der Waals surface area contributed by atoms with Crippen molar-refractivity contribution in [3.63, 3.8) is 0 Å². The molecule has 1 N–H and O–H groups in total. The van der Waals surface area contributed by atoms with E-state index in [9.17, 15) is 0 Å². The highest BCUT2D eigenvalue weighted by molar-refractivity contribution is 5.84. The maximum absolute atomic E-state index is 4.33. The average Bonchev–Trinajstić information content (AvgIpc) is 2.62. The van der Waals surface area contributed by atoms with Gasteiger partial charge in [0.05, 0.1) is 6.54 Å². The van der Waals surface area contributed by atoms with Gasteiger partial charge >= 0.3 is 0 Å². The van der Waals surface area contributed by atoms with Crippen LogP contribution >= 0.6 is 0 Å². The summed E-state index contributed by atoms with van der Waals surface area (Å²) in [5, 5.41) is 5.67. The fourth-order valence-corrected chi connectivity index (χ4v) is 1.85. The summed E-state index contributed by atoms with van der Waals surface area (Å²) in [5.74, 6) is 0. The SMILES string of the molecule is c1ccc2c3c([nH]c2c1)C[N]C3. The molecule has 0 saturated carbocycles. The Morgan fingerprint density at radius 3 is 3.08 bits per heavy atom. The van der Waals surface area contributed by atoms with E-state index >= 15 is 0 Å². The minimum Gasteiger partial charge on any atom is -0.357 e. The van der Waals surface area contributed by atoms with Gasteiger partial charge in [0.1, 0.15) is 0 Å². The van der Waals surface area contributed by atoms with Gasteiger partial charge in [-0.05, 0) is 11.6 Å². The maximum Gasteiger partial charge on any atom is 0.0542 e. The number of aromatic amines is 1. The molecular formula is C10H9N2. The van der Waals surface area contributed by atoms with Crippen molar-refractivity contribution in [2.75, 3.05) is 0 Å². The maximum atomic E-state index is 4.33. The highest BCUT2D eigenvalue weighted by Gasteiger charge is 2.15. The largest absolute Gasteiger partial charge is 0.357 e. The molecule has 2 nitrogen and oxygen atoms in total. The van der Waals surface area contributed by atoms with Gasteiger partial charge in [-0.15, -0.1) is 0 Å². The molecule has 2 heteroatoms. The first-order valence-corrected chi connectivity index (χ1v) is 4.17. The molecule has 2 aromatic rings. The van der Waals surface area contributed by atoms with Gasteiger partial charge in [-0.25, -0.2) is 5.32 Å². The number of hydrogen-bond acceptors (Lipinski definition) is 0. The predicted octanol–water partition coefficient (Wildman–Crippen LogP) is 1.79. The predicted molar refractivity (Wildman–Crippen MR) is 47.8 cm³/mol. The second-order valence-corrected chi connectivity index (χ2v) is 3.17. The molecule has 2 heterocycles. The van der Waals surface area contributed by atoms with Crippen LogP contribution in [0.4, 0.5) is 0 Å². The number of para-hydroxylation sites is 1. The standard InChI is InChI=1S/C10H9N2/c1-2-4-9-7(3-1)8-5-11-6-10(8)12-9/h1-4,12H,5-6H2. The van der Waals surface area contributed by atoms with Gasteiger partial charge in [0, 0.05) is 23.1 Å².